The Labute approximate surface area is 129 Å². The Kier molecular flexibility index (Phi) is 5.46. The molecule has 1 aromatic carbocycles. The summed E-state index contributed by atoms with van der Waals surface area (Å²) in [6.45, 7) is 6.11. The maximum absolute atomic E-state index is 12.2. The molecule has 0 radical (unpaired) electrons. The van der Waals surface area contributed by atoms with Crippen molar-refractivity contribution < 1.29 is 13.3 Å². The van der Waals surface area contributed by atoms with Crippen molar-refractivity contribution in [1.29, 1.82) is 0 Å². The highest BCUT2D eigenvalue weighted by molar-refractivity contribution is 7.89. The number of benzene rings is 1. The Morgan fingerprint density at radius 1 is 1.36 bits per heavy atom. The van der Waals surface area contributed by atoms with E-state index < -0.39 is 14.9 Å². The van der Waals surface area contributed by atoms with E-state index in [1.165, 1.54) is 25.1 Å². The van der Waals surface area contributed by atoms with Crippen molar-refractivity contribution in [3.63, 3.8) is 0 Å². The van der Waals surface area contributed by atoms with Crippen molar-refractivity contribution in [2.75, 3.05) is 39.3 Å². The summed E-state index contributed by atoms with van der Waals surface area (Å²) in [4.78, 5) is 12.5. The number of aryl methyl sites for hydroxylation is 1. The van der Waals surface area contributed by atoms with Crippen LogP contribution in [0.2, 0.25) is 0 Å². The van der Waals surface area contributed by atoms with Crippen molar-refractivity contribution in [2.24, 2.45) is 0 Å². The maximum atomic E-state index is 12.2. The molecule has 8 nitrogen and oxygen atoms in total. The number of nitro benzene ring substituents is 1. The lowest BCUT2D eigenvalue weighted by molar-refractivity contribution is -0.385. The molecule has 2 N–H and O–H groups in total. The first-order valence-corrected chi connectivity index (χ1v) is 8.56. The van der Waals surface area contributed by atoms with Crippen LogP contribution in [0.4, 0.5) is 5.69 Å². The molecule has 0 aliphatic carbocycles. The van der Waals surface area contributed by atoms with E-state index in [2.05, 4.69) is 14.9 Å². The van der Waals surface area contributed by atoms with E-state index in [0.717, 1.165) is 26.2 Å². The van der Waals surface area contributed by atoms with E-state index in [0.29, 0.717) is 18.7 Å². The number of nitro groups is 1. The molecule has 0 amide bonds. The van der Waals surface area contributed by atoms with Crippen LogP contribution in [0.1, 0.15) is 5.56 Å². The van der Waals surface area contributed by atoms with E-state index in [1.807, 2.05) is 0 Å². The van der Waals surface area contributed by atoms with Crippen LogP contribution in [0.15, 0.2) is 23.1 Å². The highest BCUT2D eigenvalue weighted by atomic mass is 32.2. The van der Waals surface area contributed by atoms with Gasteiger partial charge in [-0.3, -0.25) is 15.0 Å². The minimum Gasteiger partial charge on any atom is -0.314 e. The van der Waals surface area contributed by atoms with E-state index >= 15 is 0 Å². The molecule has 1 saturated heterocycles. The zero-order valence-corrected chi connectivity index (χ0v) is 13.2. The summed E-state index contributed by atoms with van der Waals surface area (Å²) in [5.74, 6) is 0. The highest BCUT2D eigenvalue weighted by Gasteiger charge is 2.18. The minimum atomic E-state index is -3.64. The summed E-state index contributed by atoms with van der Waals surface area (Å²) in [5, 5.41) is 14.0. The van der Waals surface area contributed by atoms with Crippen molar-refractivity contribution in [2.45, 2.75) is 11.8 Å². The zero-order chi connectivity index (χ0) is 16.2. The van der Waals surface area contributed by atoms with Crippen LogP contribution >= 0.6 is 0 Å². The van der Waals surface area contributed by atoms with Crippen LogP contribution in [-0.4, -0.2) is 57.5 Å². The highest BCUT2D eigenvalue weighted by Crippen LogP contribution is 2.21. The van der Waals surface area contributed by atoms with Gasteiger partial charge in [0.15, 0.2) is 0 Å². The fraction of sp³-hybridized carbons (Fsp3) is 0.538. The number of piperazine rings is 1. The third-order valence-corrected chi connectivity index (χ3v) is 5.06. The number of rotatable bonds is 6. The summed E-state index contributed by atoms with van der Waals surface area (Å²) in [6.07, 6.45) is 0. The summed E-state index contributed by atoms with van der Waals surface area (Å²) < 4.78 is 26.9. The van der Waals surface area contributed by atoms with E-state index in [9.17, 15) is 18.5 Å². The van der Waals surface area contributed by atoms with Gasteiger partial charge in [0.05, 0.1) is 9.82 Å². The second-order valence-electron chi connectivity index (χ2n) is 5.19. The van der Waals surface area contributed by atoms with Gasteiger partial charge in [-0.05, 0) is 19.1 Å². The van der Waals surface area contributed by atoms with Crippen LogP contribution in [-0.2, 0) is 10.0 Å². The van der Waals surface area contributed by atoms with Crippen LogP contribution < -0.4 is 10.0 Å². The number of nitrogens with one attached hydrogen (secondary N) is 2. The first-order chi connectivity index (χ1) is 10.4. The summed E-state index contributed by atoms with van der Waals surface area (Å²) in [6, 6.07) is 3.81. The fourth-order valence-corrected chi connectivity index (χ4v) is 3.46. The Balaban J connectivity index is 1.97. The average Bonchev–Trinajstić information content (AvgIpc) is 2.47. The molecule has 1 aromatic rings. The standard InChI is InChI=1S/C13H20N4O4S/c1-11-10-12(2-3-13(11)17(18)19)22(20,21)15-6-9-16-7-4-14-5-8-16/h2-3,10,14-15H,4-9H2,1H3. The molecule has 0 spiro atoms. The Bertz CT molecular complexity index is 641. The van der Waals surface area contributed by atoms with Gasteiger partial charge in [0.1, 0.15) is 0 Å². The normalized spacial score (nSPS) is 16.6. The molecule has 0 aromatic heterocycles. The van der Waals surface area contributed by atoms with E-state index in [-0.39, 0.29) is 10.6 Å². The summed E-state index contributed by atoms with van der Waals surface area (Å²) in [5.41, 5.74) is 0.245. The van der Waals surface area contributed by atoms with Gasteiger partial charge in [-0.1, -0.05) is 0 Å². The molecular weight excluding hydrogens is 308 g/mol. The monoisotopic (exact) mass is 328 g/mol. The van der Waals surface area contributed by atoms with E-state index in [4.69, 9.17) is 0 Å². The summed E-state index contributed by atoms with van der Waals surface area (Å²) >= 11 is 0. The van der Waals surface area contributed by atoms with Gasteiger partial charge in [-0.15, -0.1) is 0 Å². The third-order valence-electron chi connectivity index (χ3n) is 3.60. The lowest BCUT2D eigenvalue weighted by atomic mass is 10.2. The van der Waals surface area contributed by atoms with Gasteiger partial charge in [0.25, 0.3) is 5.69 Å². The van der Waals surface area contributed by atoms with Gasteiger partial charge in [0.2, 0.25) is 10.0 Å². The van der Waals surface area contributed by atoms with Crippen molar-refractivity contribution in [3.05, 3.63) is 33.9 Å². The molecule has 22 heavy (non-hydrogen) atoms. The van der Waals surface area contributed by atoms with Crippen molar-refractivity contribution in [1.82, 2.24) is 14.9 Å². The smallest absolute Gasteiger partial charge is 0.272 e. The Morgan fingerprint density at radius 3 is 2.64 bits per heavy atom. The molecule has 1 heterocycles. The number of hydrogen-bond donors (Lipinski definition) is 2. The predicted octanol–water partition coefficient (Wildman–Crippen LogP) is 0.0867. The van der Waals surface area contributed by atoms with Crippen molar-refractivity contribution in [3.8, 4) is 0 Å². The molecule has 1 aliphatic rings. The van der Waals surface area contributed by atoms with Crippen LogP contribution in [0, 0.1) is 17.0 Å². The largest absolute Gasteiger partial charge is 0.314 e. The molecule has 0 bridgehead atoms. The molecular formula is C13H20N4O4S. The topological polar surface area (TPSA) is 105 Å². The molecule has 2 rings (SSSR count). The quantitative estimate of drug-likeness (QED) is 0.566. The maximum Gasteiger partial charge on any atom is 0.272 e. The average molecular weight is 328 g/mol. The fourth-order valence-electron chi connectivity index (χ4n) is 2.36. The second kappa shape index (κ2) is 7.14. The molecule has 1 aliphatic heterocycles. The first kappa shape index (κ1) is 16.8. The Morgan fingerprint density at radius 2 is 2.05 bits per heavy atom. The van der Waals surface area contributed by atoms with Crippen LogP contribution in [0.3, 0.4) is 0 Å². The number of hydrogen-bond acceptors (Lipinski definition) is 6. The number of sulfonamides is 1. The molecule has 0 saturated carbocycles. The van der Waals surface area contributed by atoms with Gasteiger partial charge >= 0.3 is 0 Å². The zero-order valence-electron chi connectivity index (χ0n) is 12.4. The minimum absolute atomic E-state index is 0.0518. The van der Waals surface area contributed by atoms with Crippen LogP contribution in [0.5, 0.6) is 0 Å². The van der Waals surface area contributed by atoms with Gasteiger partial charge < -0.3 is 5.32 Å². The second-order valence-corrected chi connectivity index (χ2v) is 6.96. The Hall–Kier alpha value is -1.55. The van der Waals surface area contributed by atoms with Gasteiger partial charge in [-0.2, -0.15) is 0 Å². The lowest BCUT2D eigenvalue weighted by Crippen LogP contribution is -2.46. The molecule has 9 heteroatoms. The lowest BCUT2D eigenvalue weighted by Gasteiger charge is -2.27. The van der Waals surface area contributed by atoms with E-state index in [1.54, 1.807) is 0 Å². The van der Waals surface area contributed by atoms with Gasteiger partial charge in [0, 0.05) is 50.9 Å². The van der Waals surface area contributed by atoms with Crippen molar-refractivity contribution >= 4 is 15.7 Å². The molecule has 1 fully saturated rings. The summed E-state index contributed by atoms with van der Waals surface area (Å²) in [7, 11) is -3.64. The number of nitrogens with zero attached hydrogens (tertiary/aromatic N) is 2. The van der Waals surface area contributed by atoms with Crippen LogP contribution in [0.25, 0.3) is 0 Å². The molecule has 0 unspecified atom stereocenters. The van der Waals surface area contributed by atoms with Gasteiger partial charge in [-0.25, -0.2) is 13.1 Å². The predicted molar refractivity (Wildman–Crippen MR) is 82.3 cm³/mol. The third kappa shape index (κ3) is 4.23. The molecule has 0 atom stereocenters. The SMILES string of the molecule is Cc1cc(S(=O)(=O)NCCN2CCNCC2)ccc1[N+](=O)[O-]. The first-order valence-electron chi connectivity index (χ1n) is 7.08. The molecule has 122 valence electrons.